The van der Waals surface area contributed by atoms with Crippen molar-refractivity contribution < 1.29 is 4.84 Å². The Hall–Kier alpha value is -0.720. The molecule has 3 heteroatoms. The average Bonchev–Trinajstić information content (AvgIpc) is 2.65. The standard InChI is InChI=1S/C7H12N2O/c1-3-9-7-4-6(7)5-10-8-2/h1,6-9H,4-5H2,2H3. The molecule has 2 unspecified atom stereocenters. The van der Waals surface area contributed by atoms with Gasteiger partial charge in [-0.2, -0.15) is 0 Å². The second-order valence-electron chi connectivity index (χ2n) is 2.41. The number of hydrogen-bond donors (Lipinski definition) is 2. The first-order valence-electron chi connectivity index (χ1n) is 3.38. The Morgan fingerprint density at radius 1 is 1.80 bits per heavy atom. The first-order chi connectivity index (χ1) is 4.88. The smallest absolute Gasteiger partial charge is 0.0730 e. The fraction of sp³-hybridized carbons (Fsp3) is 0.714. The molecule has 2 N–H and O–H groups in total. The highest BCUT2D eigenvalue weighted by atomic mass is 16.6. The number of terminal acetylenes is 1. The van der Waals surface area contributed by atoms with Crippen LogP contribution in [-0.4, -0.2) is 19.7 Å². The molecule has 1 rings (SSSR count). The molecule has 56 valence electrons. The third kappa shape index (κ3) is 1.90. The molecular formula is C7H12N2O. The summed E-state index contributed by atoms with van der Waals surface area (Å²) in [6, 6.07) is 2.89. The minimum atomic E-state index is 0.485. The van der Waals surface area contributed by atoms with Gasteiger partial charge in [-0.1, -0.05) is 6.42 Å². The Morgan fingerprint density at radius 2 is 2.60 bits per heavy atom. The van der Waals surface area contributed by atoms with Crippen molar-refractivity contribution in [2.45, 2.75) is 12.5 Å². The predicted molar refractivity (Wildman–Crippen MR) is 38.9 cm³/mol. The van der Waals surface area contributed by atoms with Crippen LogP contribution >= 0.6 is 0 Å². The molecule has 0 radical (unpaired) electrons. The predicted octanol–water partition coefficient (Wildman–Crippen LogP) is -0.294. The van der Waals surface area contributed by atoms with Crippen molar-refractivity contribution in [1.29, 1.82) is 0 Å². The molecule has 1 aliphatic carbocycles. The fourth-order valence-electron chi connectivity index (χ4n) is 0.906. The third-order valence-electron chi connectivity index (χ3n) is 1.63. The van der Waals surface area contributed by atoms with Crippen LogP contribution in [-0.2, 0) is 4.84 Å². The minimum Gasteiger partial charge on any atom is -0.343 e. The van der Waals surface area contributed by atoms with Crippen LogP contribution in [0, 0.1) is 18.4 Å². The normalized spacial score (nSPS) is 29.2. The molecule has 0 saturated heterocycles. The molecule has 10 heavy (non-hydrogen) atoms. The van der Waals surface area contributed by atoms with Gasteiger partial charge in [0, 0.05) is 25.1 Å². The average molecular weight is 140 g/mol. The number of rotatable bonds is 4. The zero-order valence-electron chi connectivity index (χ0n) is 6.05. The van der Waals surface area contributed by atoms with E-state index < -0.39 is 0 Å². The lowest BCUT2D eigenvalue weighted by Crippen LogP contribution is -2.16. The van der Waals surface area contributed by atoms with Crippen LogP contribution in [0.5, 0.6) is 0 Å². The summed E-state index contributed by atoms with van der Waals surface area (Å²) in [7, 11) is 1.76. The van der Waals surface area contributed by atoms with Crippen molar-refractivity contribution in [2.24, 2.45) is 5.92 Å². The van der Waals surface area contributed by atoms with E-state index in [1.54, 1.807) is 7.05 Å². The summed E-state index contributed by atoms with van der Waals surface area (Å²) in [5, 5.41) is 2.90. The van der Waals surface area contributed by atoms with Crippen LogP contribution < -0.4 is 10.8 Å². The molecule has 1 fully saturated rings. The molecule has 0 aromatic carbocycles. The highest BCUT2D eigenvalue weighted by Gasteiger charge is 2.36. The summed E-state index contributed by atoms with van der Waals surface area (Å²) < 4.78 is 0. The maximum Gasteiger partial charge on any atom is 0.0730 e. The van der Waals surface area contributed by atoms with E-state index in [0.717, 1.165) is 13.0 Å². The lowest BCUT2D eigenvalue weighted by molar-refractivity contribution is 0.0489. The van der Waals surface area contributed by atoms with E-state index in [4.69, 9.17) is 11.3 Å². The molecule has 1 saturated carbocycles. The van der Waals surface area contributed by atoms with E-state index in [-0.39, 0.29) is 0 Å². The molecule has 0 heterocycles. The number of hydrogen-bond acceptors (Lipinski definition) is 3. The van der Waals surface area contributed by atoms with Gasteiger partial charge in [-0.05, 0) is 6.42 Å². The summed E-state index contributed by atoms with van der Waals surface area (Å²) in [6.07, 6.45) is 6.17. The van der Waals surface area contributed by atoms with Gasteiger partial charge >= 0.3 is 0 Å². The van der Waals surface area contributed by atoms with Gasteiger partial charge in [0.25, 0.3) is 0 Å². The van der Waals surface area contributed by atoms with E-state index in [1.165, 1.54) is 0 Å². The Morgan fingerprint density at radius 3 is 3.20 bits per heavy atom. The molecule has 0 aromatic rings. The lowest BCUT2D eigenvalue weighted by Gasteiger charge is -1.98. The Balaban J connectivity index is 1.98. The molecule has 2 atom stereocenters. The van der Waals surface area contributed by atoms with Crippen LogP contribution in [0.25, 0.3) is 0 Å². The number of nitrogens with one attached hydrogen (secondary N) is 2. The third-order valence-corrected chi connectivity index (χ3v) is 1.63. The van der Waals surface area contributed by atoms with Crippen LogP contribution in [0.4, 0.5) is 0 Å². The van der Waals surface area contributed by atoms with Crippen molar-refractivity contribution >= 4 is 0 Å². The fourth-order valence-corrected chi connectivity index (χ4v) is 0.906. The van der Waals surface area contributed by atoms with Gasteiger partial charge in [0.05, 0.1) is 6.61 Å². The first-order valence-corrected chi connectivity index (χ1v) is 3.38. The van der Waals surface area contributed by atoms with Gasteiger partial charge in [0.1, 0.15) is 0 Å². The van der Waals surface area contributed by atoms with Crippen molar-refractivity contribution in [3.63, 3.8) is 0 Å². The largest absolute Gasteiger partial charge is 0.343 e. The summed E-state index contributed by atoms with van der Waals surface area (Å²) in [5.41, 5.74) is 2.62. The first kappa shape index (κ1) is 7.39. The van der Waals surface area contributed by atoms with Crippen molar-refractivity contribution in [3.8, 4) is 12.5 Å². The Bertz CT molecular complexity index is 141. The second kappa shape index (κ2) is 3.45. The number of hydroxylamine groups is 1. The Kier molecular flexibility index (Phi) is 2.55. The molecule has 1 aliphatic rings. The summed E-state index contributed by atoms with van der Waals surface area (Å²) >= 11 is 0. The lowest BCUT2D eigenvalue weighted by atomic mass is 10.4. The molecule has 0 spiro atoms. The van der Waals surface area contributed by atoms with E-state index in [9.17, 15) is 0 Å². The minimum absolute atomic E-state index is 0.485. The van der Waals surface area contributed by atoms with Gasteiger partial charge in [0.2, 0.25) is 0 Å². The molecule has 3 nitrogen and oxygen atoms in total. The Labute approximate surface area is 61.1 Å². The summed E-state index contributed by atoms with van der Waals surface area (Å²) in [6.45, 7) is 0.746. The van der Waals surface area contributed by atoms with Crippen LogP contribution in [0.1, 0.15) is 6.42 Å². The van der Waals surface area contributed by atoms with Gasteiger partial charge in [-0.25, -0.2) is 5.48 Å². The molecule has 0 amide bonds. The van der Waals surface area contributed by atoms with Crippen LogP contribution in [0.2, 0.25) is 0 Å². The quantitative estimate of drug-likeness (QED) is 0.320. The zero-order valence-corrected chi connectivity index (χ0v) is 6.05. The topological polar surface area (TPSA) is 33.3 Å². The van der Waals surface area contributed by atoms with Crippen LogP contribution in [0.15, 0.2) is 0 Å². The summed E-state index contributed by atoms with van der Waals surface area (Å²) in [4.78, 5) is 4.98. The SMILES string of the molecule is C#CNC1CC1CONC. The summed E-state index contributed by atoms with van der Waals surface area (Å²) in [5.74, 6) is 0.600. The molecule has 0 bridgehead atoms. The molecule has 0 aromatic heterocycles. The van der Waals surface area contributed by atoms with Crippen molar-refractivity contribution in [2.75, 3.05) is 13.7 Å². The van der Waals surface area contributed by atoms with E-state index in [1.807, 2.05) is 0 Å². The van der Waals surface area contributed by atoms with E-state index in [2.05, 4.69) is 16.8 Å². The molecular weight excluding hydrogens is 128 g/mol. The maximum atomic E-state index is 5.04. The highest BCUT2D eigenvalue weighted by molar-refractivity contribution is 4.99. The van der Waals surface area contributed by atoms with E-state index in [0.29, 0.717) is 12.0 Å². The highest BCUT2D eigenvalue weighted by Crippen LogP contribution is 2.29. The van der Waals surface area contributed by atoms with E-state index >= 15 is 0 Å². The van der Waals surface area contributed by atoms with Crippen molar-refractivity contribution in [3.05, 3.63) is 0 Å². The van der Waals surface area contributed by atoms with Crippen molar-refractivity contribution in [1.82, 2.24) is 10.8 Å². The zero-order chi connectivity index (χ0) is 7.40. The monoisotopic (exact) mass is 140 g/mol. The second-order valence-corrected chi connectivity index (χ2v) is 2.41. The van der Waals surface area contributed by atoms with Crippen LogP contribution in [0.3, 0.4) is 0 Å². The van der Waals surface area contributed by atoms with Gasteiger partial charge in [-0.3, -0.25) is 0 Å². The maximum absolute atomic E-state index is 5.04. The van der Waals surface area contributed by atoms with Gasteiger partial charge in [-0.15, -0.1) is 0 Å². The van der Waals surface area contributed by atoms with Gasteiger partial charge < -0.3 is 10.2 Å². The molecule has 0 aliphatic heterocycles. The van der Waals surface area contributed by atoms with Gasteiger partial charge in [0.15, 0.2) is 0 Å².